The van der Waals surface area contributed by atoms with Gasteiger partial charge in [0.05, 0.1) is 5.92 Å². The number of nitrogens with zero attached hydrogens (tertiary/aromatic N) is 1. The number of hydrogen-bond acceptors (Lipinski definition) is 3. The molecule has 1 aliphatic carbocycles. The molecule has 1 saturated heterocycles. The molecule has 2 rings (SSSR count). The number of carbonyl (C=O) groups excluding carboxylic acids is 1. The molecule has 1 heterocycles. The lowest BCUT2D eigenvalue weighted by Gasteiger charge is -2.41. The molecule has 0 amide bonds. The summed E-state index contributed by atoms with van der Waals surface area (Å²) < 4.78 is 27.9. The van der Waals surface area contributed by atoms with Gasteiger partial charge in [-0.05, 0) is 19.8 Å². The number of rotatable bonds is 2. The van der Waals surface area contributed by atoms with Crippen molar-refractivity contribution in [3.05, 3.63) is 0 Å². The van der Waals surface area contributed by atoms with E-state index in [0.29, 0.717) is 0 Å². The van der Waals surface area contributed by atoms with Crippen LogP contribution < -0.4 is 5.32 Å². The standard InChI is InChI=1S/C12H20F2N2O/c1-8(17)9-6-11(14)12(7-10(9)13)16-4-2-15-3-5-16/h9-12,15H,2-7H2,1H3. The lowest BCUT2D eigenvalue weighted by molar-refractivity contribution is -0.126. The Hall–Kier alpha value is -0.550. The maximum atomic E-state index is 14.0. The molecule has 0 aromatic carbocycles. The molecule has 0 aromatic rings. The third-order valence-electron chi connectivity index (χ3n) is 3.94. The van der Waals surface area contributed by atoms with E-state index in [0.717, 1.165) is 26.2 Å². The highest BCUT2D eigenvalue weighted by atomic mass is 19.1. The van der Waals surface area contributed by atoms with Crippen LogP contribution in [0.25, 0.3) is 0 Å². The van der Waals surface area contributed by atoms with Gasteiger partial charge in [-0.1, -0.05) is 0 Å². The smallest absolute Gasteiger partial charge is 0.135 e. The van der Waals surface area contributed by atoms with Crippen LogP contribution in [0, 0.1) is 5.92 Å². The summed E-state index contributed by atoms with van der Waals surface area (Å²) in [5, 5.41) is 3.19. The summed E-state index contributed by atoms with van der Waals surface area (Å²) in [5.74, 6) is -0.955. The lowest BCUT2D eigenvalue weighted by Crippen LogP contribution is -2.55. The lowest BCUT2D eigenvalue weighted by atomic mass is 9.80. The Labute approximate surface area is 101 Å². The third kappa shape index (κ3) is 2.83. The summed E-state index contributed by atoms with van der Waals surface area (Å²) >= 11 is 0. The second-order valence-corrected chi connectivity index (χ2v) is 5.07. The van der Waals surface area contributed by atoms with E-state index in [4.69, 9.17) is 0 Å². The number of alkyl halides is 2. The summed E-state index contributed by atoms with van der Waals surface area (Å²) in [4.78, 5) is 13.2. The van der Waals surface area contributed by atoms with Gasteiger partial charge in [-0.15, -0.1) is 0 Å². The molecule has 1 N–H and O–H groups in total. The van der Waals surface area contributed by atoms with Crippen molar-refractivity contribution in [3.63, 3.8) is 0 Å². The predicted molar refractivity (Wildman–Crippen MR) is 61.4 cm³/mol. The average molecular weight is 246 g/mol. The molecule has 0 aromatic heterocycles. The number of ketones is 1. The molecule has 3 nitrogen and oxygen atoms in total. The van der Waals surface area contributed by atoms with Gasteiger partial charge in [0.2, 0.25) is 0 Å². The van der Waals surface area contributed by atoms with E-state index in [9.17, 15) is 13.6 Å². The van der Waals surface area contributed by atoms with Crippen LogP contribution in [0.15, 0.2) is 0 Å². The van der Waals surface area contributed by atoms with Crippen LogP contribution in [0.3, 0.4) is 0 Å². The fourth-order valence-electron chi connectivity index (χ4n) is 2.90. The largest absolute Gasteiger partial charge is 0.314 e. The molecule has 2 fully saturated rings. The van der Waals surface area contributed by atoms with E-state index >= 15 is 0 Å². The van der Waals surface area contributed by atoms with Gasteiger partial charge in [0.25, 0.3) is 0 Å². The Bertz CT molecular complexity index is 282. The number of halogens is 2. The van der Waals surface area contributed by atoms with Gasteiger partial charge in [-0.25, -0.2) is 8.78 Å². The number of nitrogens with one attached hydrogen (secondary N) is 1. The first kappa shape index (κ1) is 12.9. The minimum absolute atomic E-state index is 0.0467. The number of carbonyl (C=O) groups is 1. The van der Waals surface area contributed by atoms with Crippen molar-refractivity contribution in [2.75, 3.05) is 26.2 Å². The Balaban J connectivity index is 1.98. The van der Waals surface area contributed by atoms with Crippen molar-refractivity contribution in [3.8, 4) is 0 Å². The normalized spacial score (nSPS) is 40.2. The van der Waals surface area contributed by atoms with E-state index in [1.54, 1.807) is 0 Å². The first-order valence-corrected chi connectivity index (χ1v) is 6.33. The maximum absolute atomic E-state index is 14.0. The number of Topliss-reactive ketones (excluding diaryl/α,β-unsaturated/α-hetero) is 1. The van der Waals surface area contributed by atoms with Crippen LogP contribution in [-0.2, 0) is 4.79 Å². The van der Waals surface area contributed by atoms with Crippen molar-refractivity contribution in [2.45, 2.75) is 38.2 Å². The highest BCUT2D eigenvalue weighted by molar-refractivity contribution is 5.79. The fourth-order valence-corrected chi connectivity index (χ4v) is 2.90. The average Bonchev–Trinajstić information content (AvgIpc) is 2.32. The molecular formula is C12H20F2N2O. The minimum atomic E-state index is -1.18. The van der Waals surface area contributed by atoms with Gasteiger partial charge in [-0.2, -0.15) is 0 Å². The van der Waals surface area contributed by atoms with Gasteiger partial charge in [0.15, 0.2) is 0 Å². The molecule has 98 valence electrons. The van der Waals surface area contributed by atoms with E-state index in [1.807, 2.05) is 4.90 Å². The first-order chi connectivity index (χ1) is 8.09. The molecule has 1 saturated carbocycles. The van der Waals surface area contributed by atoms with Crippen molar-refractivity contribution in [2.24, 2.45) is 5.92 Å². The molecule has 0 spiro atoms. The summed E-state index contributed by atoms with van der Waals surface area (Å²) in [5.41, 5.74) is 0. The predicted octanol–water partition coefficient (Wildman–Crippen LogP) is 0.935. The van der Waals surface area contributed by atoms with Crippen molar-refractivity contribution in [1.82, 2.24) is 10.2 Å². The van der Waals surface area contributed by atoms with Gasteiger partial charge in [-0.3, -0.25) is 9.69 Å². The Morgan fingerprint density at radius 1 is 1.18 bits per heavy atom. The van der Waals surface area contributed by atoms with Crippen molar-refractivity contribution >= 4 is 5.78 Å². The van der Waals surface area contributed by atoms with Gasteiger partial charge in [0, 0.05) is 32.2 Å². The molecule has 4 atom stereocenters. The molecular weight excluding hydrogens is 226 g/mol. The van der Waals surface area contributed by atoms with Crippen LogP contribution in [0.5, 0.6) is 0 Å². The monoisotopic (exact) mass is 246 g/mol. The van der Waals surface area contributed by atoms with Gasteiger partial charge < -0.3 is 5.32 Å². The van der Waals surface area contributed by atoms with Gasteiger partial charge >= 0.3 is 0 Å². The molecule has 17 heavy (non-hydrogen) atoms. The summed E-state index contributed by atoms with van der Waals surface area (Å²) in [6.07, 6.45) is -2.05. The molecule has 0 bridgehead atoms. The third-order valence-corrected chi connectivity index (χ3v) is 3.94. The molecule has 4 unspecified atom stereocenters. The summed E-state index contributed by atoms with van der Waals surface area (Å²) in [6.45, 7) is 4.55. The first-order valence-electron chi connectivity index (χ1n) is 6.33. The van der Waals surface area contributed by atoms with Crippen molar-refractivity contribution < 1.29 is 13.6 Å². The topological polar surface area (TPSA) is 32.3 Å². The second-order valence-electron chi connectivity index (χ2n) is 5.07. The van der Waals surface area contributed by atoms with Crippen LogP contribution >= 0.6 is 0 Å². The highest BCUT2D eigenvalue weighted by Gasteiger charge is 2.42. The molecule has 0 radical (unpaired) electrons. The number of hydrogen-bond donors (Lipinski definition) is 1. The van der Waals surface area contributed by atoms with E-state index in [1.165, 1.54) is 6.92 Å². The zero-order valence-electron chi connectivity index (χ0n) is 10.2. The second kappa shape index (κ2) is 5.40. The summed E-state index contributed by atoms with van der Waals surface area (Å²) in [6, 6.07) is -0.345. The van der Waals surface area contributed by atoms with E-state index in [-0.39, 0.29) is 24.7 Å². The van der Waals surface area contributed by atoms with Crippen LogP contribution in [0.4, 0.5) is 8.78 Å². The zero-order chi connectivity index (χ0) is 12.4. The number of piperazine rings is 1. The zero-order valence-corrected chi connectivity index (χ0v) is 10.2. The van der Waals surface area contributed by atoms with E-state index < -0.39 is 18.3 Å². The van der Waals surface area contributed by atoms with Crippen LogP contribution in [-0.4, -0.2) is 55.2 Å². The molecule has 1 aliphatic heterocycles. The SMILES string of the molecule is CC(=O)C1CC(F)C(N2CCNCC2)CC1F. The fraction of sp³-hybridized carbons (Fsp3) is 0.917. The van der Waals surface area contributed by atoms with E-state index in [2.05, 4.69) is 5.32 Å². The van der Waals surface area contributed by atoms with Crippen molar-refractivity contribution in [1.29, 1.82) is 0 Å². The Morgan fingerprint density at radius 3 is 2.41 bits per heavy atom. The minimum Gasteiger partial charge on any atom is -0.314 e. The van der Waals surface area contributed by atoms with Crippen LogP contribution in [0.2, 0.25) is 0 Å². The Kier molecular flexibility index (Phi) is 4.09. The maximum Gasteiger partial charge on any atom is 0.135 e. The quantitative estimate of drug-likeness (QED) is 0.787. The Morgan fingerprint density at radius 2 is 1.82 bits per heavy atom. The highest BCUT2D eigenvalue weighted by Crippen LogP contribution is 2.33. The molecule has 2 aliphatic rings. The van der Waals surface area contributed by atoms with Crippen LogP contribution in [0.1, 0.15) is 19.8 Å². The summed E-state index contributed by atoms with van der Waals surface area (Å²) in [7, 11) is 0. The van der Waals surface area contributed by atoms with Gasteiger partial charge in [0.1, 0.15) is 18.1 Å². The molecule has 5 heteroatoms.